The predicted octanol–water partition coefficient (Wildman–Crippen LogP) is 3.67. The number of esters is 1. The van der Waals surface area contributed by atoms with Crippen LogP contribution >= 0.6 is 0 Å². The molecular formula is C21H25NO3. The Hall–Kier alpha value is -2.62. The lowest BCUT2D eigenvalue weighted by Gasteiger charge is -2.21. The highest BCUT2D eigenvalue weighted by Crippen LogP contribution is 2.28. The van der Waals surface area contributed by atoms with E-state index in [-0.39, 0.29) is 36.4 Å². The number of rotatable bonds is 6. The number of carbonyl (C=O) groups excluding carboxylic acids is 2. The molecule has 0 aliphatic heterocycles. The van der Waals surface area contributed by atoms with Crippen LogP contribution < -0.4 is 5.32 Å². The monoisotopic (exact) mass is 339 g/mol. The minimum Gasteiger partial charge on any atom is -0.456 e. The third-order valence-electron chi connectivity index (χ3n) is 3.65. The van der Waals surface area contributed by atoms with Crippen molar-refractivity contribution in [1.29, 1.82) is 0 Å². The third kappa shape index (κ3) is 6.42. The van der Waals surface area contributed by atoms with Crippen LogP contribution in [0.1, 0.15) is 44.2 Å². The lowest BCUT2D eigenvalue weighted by molar-refractivity contribution is -0.149. The lowest BCUT2D eigenvalue weighted by atomic mass is 9.89. The summed E-state index contributed by atoms with van der Waals surface area (Å²) in [4.78, 5) is 24.1. The van der Waals surface area contributed by atoms with Crippen LogP contribution in [0, 0.1) is 0 Å². The molecule has 0 saturated carbocycles. The first kappa shape index (κ1) is 18.7. The second-order valence-electron chi connectivity index (χ2n) is 7.04. The van der Waals surface area contributed by atoms with Gasteiger partial charge >= 0.3 is 5.97 Å². The van der Waals surface area contributed by atoms with Gasteiger partial charge in [0.15, 0.2) is 6.61 Å². The van der Waals surface area contributed by atoms with Gasteiger partial charge in [0.25, 0.3) is 5.91 Å². The number of carbonyl (C=O) groups is 2. The first-order valence-electron chi connectivity index (χ1n) is 8.42. The zero-order valence-electron chi connectivity index (χ0n) is 15.0. The number of nitrogens with one attached hydrogen (secondary N) is 1. The molecule has 2 rings (SSSR count). The molecule has 0 aliphatic rings. The molecule has 0 heterocycles. The third-order valence-corrected chi connectivity index (χ3v) is 3.65. The van der Waals surface area contributed by atoms with Gasteiger partial charge in [-0.1, -0.05) is 60.7 Å². The SMILES string of the molecule is CC(C)(C)NC(=O)COC(=O)CC(c1ccccc1)c1ccccc1. The topological polar surface area (TPSA) is 55.4 Å². The number of ether oxygens (including phenoxy) is 1. The predicted molar refractivity (Wildman–Crippen MR) is 98.2 cm³/mol. The number of hydrogen-bond acceptors (Lipinski definition) is 3. The Bertz CT molecular complexity index is 651. The maximum atomic E-state index is 12.3. The average molecular weight is 339 g/mol. The Morgan fingerprint density at radius 1 is 0.920 bits per heavy atom. The summed E-state index contributed by atoms with van der Waals surface area (Å²) in [5.74, 6) is -0.779. The van der Waals surface area contributed by atoms with Gasteiger partial charge in [-0.3, -0.25) is 9.59 Å². The second-order valence-corrected chi connectivity index (χ2v) is 7.04. The van der Waals surface area contributed by atoms with Crippen molar-refractivity contribution in [3.05, 3.63) is 71.8 Å². The summed E-state index contributed by atoms with van der Waals surface area (Å²) in [7, 11) is 0. The van der Waals surface area contributed by atoms with Crippen molar-refractivity contribution in [1.82, 2.24) is 5.32 Å². The van der Waals surface area contributed by atoms with Gasteiger partial charge in [0.2, 0.25) is 0 Å². The van der Waals surface area contributed by atoms with Crippen LogP contribution in [0.3, 0.4) is 0 Å². The maximum Gasteiger partial charge on any atom is 0.307 e. The maximum absolute atomic E-state index is 12.3. The van der Waals surface area contributed by atoms with E-state index in [9.17, 15) is 9.59 Å². The van der Waals surface area contributed by atoms with Crippen molar-refractivity contribution < 1.29 is 14.3 Å². The Labute approximate surface area is 149 Å². The molecule has 0 aromatic heterocycles. The van der Waals surface area contributed by atoms with Gasteiger partial charge in [0.05, 0.1) is 6.42 Å². The van der Waals surface area contributed by atoms with E-state index >= 15 is 0 Å². The van der Waals surface area contributed by atoms with Gasteiger partial charge < -0.3 is 10.1 Å². The molecule has 0 bridgehead atoms. The summed E-state index contributed by atoms with van der Waals surface area (Å²) < 4.78 is 5.17. The summed E-state index contributed by atoms with van der Waals surface area (Å²) in [5, 5.41) is 2.78. The fraction of sp³-hybridized carbons (Fsp3) is 0.333. The van der Waals surface area contributed by atoms with E-state index in [0.717, 1.165) is 11.1 Å². The molecule has 0 radical (unpaired) electrons. The van der Waals surface area contributed by atoms with Crippen molar-refractivity contribution in [2.45, 2.75) is 38.6 Å². The lowest BCUT2D eigenvalue weighted by Crippen LogP contribution is -2.42. The number of benzene rings is 2. The fourth-order valence-electron chi connectivity index (χ4n) is 2.62. The first-order valence-corrected chi connectivity index (χ1v) is 8.42. The molecular weight excluding hydrogens is 314 g/mol. The van der Waals surface area contributed by atoms with Crippen molar-refractivity contribution in [3.63, 3.8) is 0 Å². The zero-order valence-corrected chi connectivity index (χ0v) is 15.0. The van der Waals surface area contributed by atoms with Crippen LogP contribution in [0.4, 0.5) is 0 Å². The Morgan fingerprint density at radius 3 is 1.84 bits per heavy atom. The quantitative estimate of drug-likeness (QED) is 0.817. The van der Waals surface area contributed by atoms with Crippen molar-refractivity contribution >= 4 is 11.9 Å². The van der Waals surface area contributed by atoms with Crippen LogP contribution in [-0.4, -0.2) is 24.0 Å². The molecule has 2 aromatic rings. The highest BCUT2D eigenvalue weighted by Gasteiger charge is 2.20. The highest BCUT2D eigenvalue weighted by atomic mass is 16.5. The van der Waals surface area contributed by atoms with E-state index in [1.165, 1.54) is 0 Å². The first-order chi connectivity index (χ1) is 11.8. The molecule has 2 aromatic carbocycles. The van der Waals surface area contributed by atoms with Gasteiger partial charge in [-0.25, -0.2) is 0 Å². The van der Waals surface area contributed by atoms with Crippen molar-refractivity contribution in [2.75, 3.05) is 6.61 Å². The summed E-state index contributed by atoms with van der Waals surface area (Å²) >= 11 is 0. The van der Waals surface area contributed by atoms with Gasteiger partial charge in [0.1, 0.15) is 0 Å². The summed E-state index contributed by atoms with van der Waals surface area (Å²) in [6.07, 6.45) is 0.191. The summed E-state index contributed by atoms with van der Waals surface area (Å²) in [6, 6.07) is 19.7. The molecule has 0 spiro atoms. The van der Waals surface area contributed by atoms with E-state index in [4.69, 9.17) is 4.74 Å². The number of amides is 1. The van der Waals surface area contributed by atoms with Gasteiger partial charge in [-0.2, -0.15) is 0 Å². The minimum absolute atomic E-state index is 0.0967. The molecule has 0 fully saturated rings. The Kier molecular flexibility index (Phi) is 6.34. The standard InChI is InChI=1S/C21H25NO3/c1-21(2,3)22-19(23)15-25-20(24)14-18(16-10-6-4-7-11-16)17-12-8-5-9-13-17/h4-13,18H,14-15H2,1-3H3,(H,22,23). The van der Waals surface area contributed by atoms with Crippen molar-refractivity contribution in [2.24, 2.45) is 0 Å². The molecule has 0 unspecified atom stereocenters. The van der Waals surface area contributed by atoms with E-state index in [1.807, 2.05) is 81.4 Å². The van der Waals surface area contributed by atoms with Crippen LogP contribution in [0.2, 0.25) is 0 Å². The number of hydrogen-bond donors (Lipinski definition) is 1. The Balaban J connectivity index is 2.02. The molecule has 25 heavy (non-hydrogen) atoms. The largest absolute Gasteiger partial charge is 0.456 e. The van der Waals surface area contributed by atoms with Crippen LogP contribution in [0.15, 0.2) is 60.7 Å². The fourth-order valence-corrected chi connectivity index (χ4v) is 2.62. The molecule has 0 saturated heterocycles. The summed E-state index contributed by atoms with van der Waals surface area (Å²) in [6.45, 7) is 5.39. The molecule has 1 N–H and O–H groups in total. The van der Waals surface area contributed by atoms with Crippen LogP contribution in [0.25, 0.3) is 0 Å². The minimum atomic E-state index is -0.387. The second kappa shape index (κ2) is 8.47. The molecule has 132 valence electrons. The highest BCUT2D eigenvalue weighted by molar-refractivity contribution is 5.81. The van der Waals surface area contributed by atoms with Gasteiger partial charge in [-0.05, 0) is 31.9 Å². The van der Waals surface area contributed by atoms with Crippen LogP contribution in [0.5, 0.6) is 0 Å². The molecule has 4 heteroatoms. The van der Waals surface area contributed by atoms with E-state index in [0.29, 0.717) is 0 Å². The molecule has 0 aliphatic carbocycles. The molecule has 1 amide bonds. The Morgan fingerprint density at radius 2 is 1.40 bits per heavy atom. The van der Waals surface area contributed by atoms with E-state index in [1.54, 1.807) is 0 Å². The normalized spacial score (nSPS) is 11.2. The van der Waals surface area contributed by atoms with Gasteiger partial charge in [-0.15, -0.1) is 0 Å². The van der Waals surface area contributed by atoms with Gasteiger partial charge in [0, 0.05) is 11.5 Å². The molecule has 4 nitrogen and oxygen atoms in total. The van der Waals surface area contributed by atoms with E-state index < -0.39 is 0 Å². The van der Waals surface area contributed by atoms with Crippen molar-refractivity contribution in [3.8, 4) is 0 Å². The smallest absolute Gasteiger partial charge is 0.307 e. The zero-order chi connectivity index (χ0) is 18.3. The average Bonchev–Trinajstić information content (AvgIpc) is 2.58. The van der Waals surface area contributed by atoms with Crippen LogP contribution in [-0.2, 0) is 14.3 Å². The van der Waals surface area contributed by atoms with E-state index in [2.05, 4.69) is 5.32 Å². The summed E-state index contributed by atoms with van der Waals surface area (Å²) in [5.41, 5.74) is 1.75. The molecule has 0 atom stereocenters.